The van der Waals surface area contributed by atoms with Crippen LogP contribution in [0.2, 0.25) is 5.02 Å². The second-order valence-electron chi connectivity index (χ2n) is 5.91. The zero-order valence-corrected chi connectivity index (χ0v) is 15.6. The molecule has 2 aromatic carbocycles. The Morgan fingerprint density at radius 3 is 2.40 bits per heavy atom. The smallest absolute Gasteiger partial charge is 0.240 e. The summed E-state index contributed by atoms with van der Waals surface area (Å²) < 4.78 is 0. The highest BCUT2D eigenvalue weighted by atomic mass is 35.5. The number of carbonyl (C=O) groups is 2. The van der Waals surface area contributed by atoms with Crippen molar-refractivity contribution >= 4 is 29.1 Å². The molecule has 0 spiro atoms. The number of nitrogens with one attached hydrogen (secondary N) is 1. The van der Waals surface area contributed by atoms with Crippen molar-refractivity contribution in [2.24, 2.45) is 0 Å². The summed E-state index contributed by atoms with van der Waals surface area (Å²) >= 11 is 6.10. The maximum Gasteiger partial charge on any atom is 0.240 e. The van der Waals surface area contributed by atoms with Crippen LogP contribution in [0.1, 0.15) is 30.5 Å². The molecule has 2 aromatic rings. The summed E-state index contributed by atoms with van der Waals surface area (Å²) in [6.45, 7) is 5.78. The van der Waals surface area contributed by atoms with E-state index in [1.165, 1.54) is 11.8 Å². The quantitative estimate of drug-likeness (QED) is 0.851. The van der Waals surface area contributed by atoms with E-state index in [0.717, 1.165) is 28.8 Å². The Balaban J connectivity index is 2.13. The van der Waals surface area contributed by atoms with Gasteiger partial charge >= 0.3 is 0 Å². The first kappa shape index (κ1) is 19.0. The van der Waals surface area contributed by atoms with Gasteiger partial charge in [0.1, 0.15) is 6.54 Å². The fraction of sp³-hybridized carbons (Fsp3) is 0.300. The van der Waals surface area contributed by atoms with E-state index in [-0.39, 0.29) is 18.4 Å². The molecule has 0 bridgehead atoms. The molecule has 0 radical (unpaired) electrons. The first-order valence-corrected chi connectivity index (χ1v) is 8.68. The first-order chi connectivity index (χ1) is 11.9. The summed E-state index contributed by atoms with van der Waals surface area (Å²) in [4.78, 5) is 26.1. The molecule has 2 rings (SSSR count). The molecular formula is C20H23ClN2O2. The van der Waals surface area contributed by atoms with Crippen LogP contribution in [-0.2, 0) is 22.6 Å². The summed E-state index contributed by atoms with van der Waals surface area (Å²) in [5, 5.41) is 3.44. The van der Waals surface area contributed by atoms with Crippen molar-refractivity contribution in [3.63, 3.8) is 0 Å². The van der Waals surface area contributed by atoms with E-state index in [2.05, 4.69) is 5.32 Å². The van der Waals surface area contributed by atoms with Crippen molar-refractivity contribution in [2.45, 2.75) is 33.7 Å². The number of rotatable bonds is 6. The van der Waals surface area contributed by atoms with E-state index in [0.29, 0.717) is 11.6 Å². The minimum Gasteiger partial charge on any atom is -0.350 e. The van der Waals surface area contributed by atoms with Crippen molar-refractivity contribution in [3.8, 4) is 0 Å². The number of hydrogen-bond acceptors (Lipinski definition) is 2. The second kappa shape index (κ2) is 8.67. The maximum absolute atomic E-state index is 12.4. The number of nitrogens with zero attached hydrogens (tertiary/aromatic N) is 1. The van der Waals surface area contributed by atoms with E-state index >= 15 is 0 Å². The lowest BCUT2D eigenvalue weighted by Gasteiger charge is -2.25. The number of aryl methyl sites for hydroxylation is 2. The second-order valence-corrected chi connectivity index (χ2v) is 6.32. The Labute approximate surface area is 153 Å². The summed E-state index contributed by atoms with van der Waals surface area (Å²) in [6, 6.07) is 13.3. The number of anilines is 1. The molecule has 5 heteroatoms. The lowest BCUT2D eigenvalue weighted by molar-refractivity contribution is -0.123. The molecule has 0 aliphatic rings. The van der Waals surface area contributed by atoms with Gasteiger partial charge in [0, 0.05) is 18.5 Å². The van der Waals surface area contributed by atoms with Crippen molar-refractivity contribution in [2.75, 3.05) is 11.4 Å². The molecule has 0 aliphatic carbocycles. The van der Waals surface area contributed by atoms with Crippen LogP contribution in [0.5, 0.6) is 0 Å². The molecule has 25 heavy (non-hydrogen) atoms. The standard InChI is InChI=1S/C20H23ClN2O2/c1-4-16-10-7-8-14(2)20(16)23(15(3)24)13-19(25)22-12-17-9-5-6-11-18(17)21/h5-11H,4,12-13H2,1-3H3,(H,22,25). The Bertz CT molecular complexity index is 774. The van der Waals surface area contributed by atoms with Gasteiger partial charge in [-0.3, -0.25) is 9.59 Å². The van der Waals surface area contributed by atoms with Gasteiger partial charge in [-0.15, -0.1) is 0 Å². The molecule has 0 saturated heterocycles. The Hall–Kier alpha value is -2.33. The minimum absolute atomic E-state index is 0.0162. The third kappa shape index (κ3) is 4.83. The Morgan fingerprint density at radius 2 is 1.76 bits per heavy atom. The number of carbonyl (C=O) groups excluding carboxylic acids is 2. The van der Waals surface area contributed by atoms with Gasteiger partial charge in [-0.25, -0.2) is 0 Å². The van der Waals surface area contributed by atoms with Crippen LogP contribution < -0.4 is 10.2 Å². The van der Waals surface area contributed by atoms with Crippen LogP contribution in [0.3, 0.4) is 0 Å². The highest BCUT2D eigenvalue weighted by molar-refractivity contribution is 6.31. The minimum atomic E-state index is -0.222. The van der Waals surface area contributed by atoms with E-state index < -0.39 is 0 Å². The summed E-state index contributed by atoms with van der Waals surface area (Å²) in [7, 11) is 0. The van der Waals surface area contributed by atoms with Gasteiger partial charge in [-0.2, -0.15) is 0 Å². The Kier molecular flexibility index (Phi) is 6.59. The monoisotopic (exact) mass is 358 g/mol. The van der Waals surface area contributed by atoms with Crippen molar-refractivity contribution in [1.29, 1.82) is 0 Å². The molecule has 1 N–H and O–H groups in total. The molecular weight excluding hydrogens is 336 g/mol. The van der Waals surface area contributed by atoms with Gasteiger partial charge in [-0.05, 0) is 36.1 Å². The number of benzene rings is 2. The van der Waals surface area contributed by atoms with Crippen molar-refractivity contribution in [3.05, 3.63) is 64.2 Å². The first-order valence-electron chi connectivity index (χ1n) is 8.30. The SMILES string of the molecule is CCc1cccc(C)c1N(CC(=O)NCc1ccccc1Cl)C(C)=O. The maximum atomic E-state index is 12.4. The van der Waals surface area contributed by atoms with Gasteiger partial charge in [0.15, 0.2) is 0 Å². The van der Waals surface area contributed by atoms with Crippen molar-refractivity contribution in [1.82, 2.24) is 5.32 Å². The largest absolute Gasteiger partial charge is 0.350 e. The van der Waals surface area contributed by atoms with Gasteiger partial charge in [0.05, 0.1) is 5.69 Å². The fourth-order valence-corrected chi connectivity index (χ4v) is 2.98. The van der Waals surface area contributed by atoms with Crippen LogP contribution >= 0.6 is 11.6 Å². The fourth-order valence-electron chi connectivity index (χ4n) is 2.77. The molecule has 2 amide bonds. The summed E-state index contributed by atoms with van der Waals surface area (Å²) in [5.41, 5.74) is 3.70. The molecule has 0 aliphatic heterocycles. The molecule has 0 atom stereocenters. The van der Waals surface area contributed by atoms with E-state index in [4.69, 9.17) is 11.6 Å². The number of amides is 2. The third-order valence-electron chi connectivity index (χ3n) is 4.09. The van der Waals surface area contributed by atoms with Crippen LogP contribution in [0.15, 0.2) is 42.5 Å². The van der Waals surface area contributed by atoms with E-state index in [9.17, 15) is 9.59 Å². The number of para-hydroxylation sites is 1. The van der Waals surface area contributed by atoms with Gasteiger partial charge in [0.25, 0.3) is 0 Å². The average Bonchev–Trinajstić information content (AvgIpc) is 2.59. The Morgan fingerprint density at radius 1 is 1.08 bits per heavy atom. The van der Waals surface area contributed by atoms with E-state index in [1.807, 2.05) is 50.2 Å². The lowest BCUT2D eigenvalue weighted by Crippen LogP contribution is -2.40. The molecule has 0 fully saturated rings. The zero-order chi connectivity index (χ0) is 18.4. The topological polar surface area (TPSA) is 49.4 Å². The van der Waals surface area contributed by atoms with Crippen LogP contribution in [0.25, 0.3) is 0 Å². The van der Waals surface area contributed by atoms with Gasteiger partial charge in [0.2, 0.25) is 11.8 Å². The molecule has 132 valence electrons. The molecule has 0 aromatic heterocycles. The van der Waals surface area contributed by atoms with Gasteiger partial charge in [-0.1, -0.05) is 54.9 Å². The van der Waals surface area contributed by atoms with Crippen LogP contribution in [-0.4, -0.2) is 18.4 Å². The van der Waals surface area contributed by atoms with Gasteiger partial charge < -0.3 is 10.2 Å². The zero-order valence-electron chi connectivity index (χ0n) is 14.8. The number of hydrogen-bond donors (Lipinski definition) is 1. The highest BCUT2D eigenvalue weighted by Gasteiger charge is 2.20. The van der Waals surface area contributed by atoms with Crippen LogP contribution in [0, 0.1) is 6.92 Å². The number of halogens is 1. The highest BCUT2D eigenvalue weighted by Crippen LogP contribution is 2.26. The molecule has 0 unspecified atom stereocenters. The normalized spacial score (nSPS) is 10.4. The predicted molar refractivity (Wildman–Crippen MR) is 102 cm³/mol. The summed E-state index contributed by atoms with van der Waals surface area (Å²) in [5.74, 6) is -0.377. The van der Waals surface area contributed by atoms with Crippen LogP contribution in [0.4, 0.5) is 5.69 Å². The predicted octanol–water partition coefficient (Wildman–Crippen LogP) is 3.88. The summed E-state index contributed by atoms with van der Waals surface area (Å²) in [6.07, 6.45) is 0.794. The van der Waals surface area contributed by atoms with E-state index in [1.54, 1.807) is 6.07 Å². The molecule has 4 nitrogen and oxygen atoms in total. The lowest BCUT2D eigenvalue weighted by atomic mass is 10.0. The third-order valence-corrected chi connectivity index (χ3v) is 4.46. The molecule has 0 saturated carbocycles. The average molecular weight is 359 g/mol. The van der Waals surface area contributed by atoms with Crippen molar-refractivity contribution < 1.29 is 9.59 Å². The molecule has 0 heterocycles.